The SMILES string of the molecule is CCCCN(C)S(=O)(=O)c1ccc(C(=O)Nc2nc(-c3cccc4ccccc34)cs2)cc1. The lowest BCUT2D eigenvalue weighted by molar-refractivity contribution is 0.102. The number of anilines is 1. The van der Waals surface area contributed by atoms with E-state index in [0.717, 1.165) is 34.9 Å². The number of carbonyl (C=O) groups is 1. The topological polar surface area (TPSA) is 79.4 Å². The van der Waals surface area contributed by atoms with Crippen molar-refractivity contribution in [2.24, 2.45) is 0 Å². The van der Waals surface area contributed by atoms with E-state index in [4.69, 9.17) is 0 Å². The van der Waals surface area contributed by atoms with Gasteiger partial charge in [-0.05, 0) is 41.5 Å². The van der Waals surface area contributed by atoms with Crippen molar-refractivity contribution in [3.05, 3.63) is 77.7 Å². The molecule has 0 unspecified atom stereocenters. The number of hydrogen-bond acceptors (Lipinski definition) is 5. The molecule has 1 aromatic heterocycles. The van der Waals surface area contributed by atoms with Gasteiger partial charge in [-0.25, -0.2) is 17.7 Å². The van der Waals surface area contributed by atoms with E-state index in [2.05, 4.69) is 28.5 Å². The van der Waals surface area contributed by atoms with Crippen molar-refractivity contribution in [2.75, 3.05) is 18.9 Å². The number of benzene rings is 3. The molecule has 0 fully saturated rings. The number of unbranched alkanes of at least 4 members (excludes halogenated alkanes) is 1. The van der Waals surface area contributed by atoms with E-state index < -0.39 is 10.0 Å². The third-order valence-corrected chi connectivity index (χ3v) is 8.07. The zero-order valence-corrected chi connectivity index (χ0v) is 20.1. The fourth-order valence-corrected chi connectivity index (χ4v) is 5.45. The first-order valence-electron chi connectivity index (χ1n) is 10.7. The second-order valence-electron chi connectivity index (χ2n) is 7.72. The average Bonchev–Trinajstić information content (AvgIpc) is 3.30. The Bertz CT molecular complexity index is 1370. The highest BCUT2D eigenvalue weighted by atomic mass is 32.2. The molecule has 0 aliphatic rings. The van der Waals surface area contributed by atoms with Gasteiger partial charge in [0.15, 0.2) is 5.13 Å². The molecule has 0 saturated heterocycles. The molecule has 4 aromatic rings. The lowest BCUT2D eigenvalue weighted by atomic mass is 10.0. The molecule has 0 atom stereocenters. The molecule has 0 saturated carbocycles. The molecule has 1 heterocycles. The highest BCUT2D eigenvalue weighted by molar-refractivity contribution is 7.89. The minimum Gasteiger partial charge on any atom is -0.298 e. The maximum atomic E-state index is 12.7. The first kappa shape index (κ1) is 23.1. The number of rotatable bonds is 8. The van der Waals surface area contributed by atoms with Gasteiger partial charge in [-0.1, -0.05) is 55.8 Å². The number of aromatic nitrogens is 1. The molecule has 0 spiro atoms. The van der Waals surface area contributed by atoms with E-state index in [9.17, 15) is 13.2 Å². The normalized spacial score (nSPS) is 11.7. The smallest absolute Gasteiger partial charge is 0.257 e. The molecule has 170 valence electrons. The second kappa shape index (κ2) is 9.82. The second-order valence-corrected chi connectivity index (χ2v) is 10.6. The Morgan fingerprint density at radius 2 is 1.76 bits per heavy atom. The number of fused-ring (bicyclic) bond motifs is 1. The maximum absolute atomic E-state index is 12.7. The number of nitrogens with one attached hydrogen (secondary N) is 1. The van der Waals surface area contributed by atoms with E-state index in [1.54, 1.807) is 7.05 Å². The summed E-state index contributed by atoms with van der Waals surface area (Å²) >= 11 is 1.35. The summed E-state index contributed by atoms with van der Waals surface area (Å²) in [4.78, 5) is 17.5. The molecule has 6 nitrogen and oxygen atoms in total. The van der Waals surface area contributed by atoms with Crippen molar-refractivity contribution in [3.63, 3.8) is 0 Å². The van der Waals surface area contributed by atoms with Crippen LogP contribution < -0.4 is 5.32 Å². The standard InChI is InChI=1S/C25H25N3O3S2/c1-3-4-16-28(2)33(30,31)20-14-12-19(13-15-20)24(29)27-25-26-23(17-32-25)22-11-7-9-18-8-5-6-10-21(18)22/h5-15,17H,3-4,16H2,1-2H3,(H,26,27,29). The van der Waals surface area contributed by atoms with Gasteiger partial charge in [-0.2, -0.15) is 0 Å². The van der Waals surface area contributed by atoms with Crippen LogP contribution >= 0.6 is 11.3 Å². The Kier molecular flexibility index (Phi) is 6.88. The van der Waals surface area contributed by atoms with Crippen molar-refractivity contribution < 1.29 is 13.2 Å². The molecule has 0 aliphatic carbocycles. The van der Waals surface area contributed by atoms with Crippen LogP contribution in [0.3, 0.4) is 0 Å². The fourth-order valence-electron chi connectivity index (χ4n) is 3.53. The Morgan fingerprint density at radius 1 is 1.03 bits per heavy atom. The molecular weight excluding hydrogens is 454 g/mol. The predicted molar refractivity (Wildman–Crippen MR) is 134 cm³/mol. The molecule has 1 amide bonds. The van der Waals surface area contributed by atoms with E-state index in [-0.39, 0.29) is 10.8 Å². The summed E-state index contributed by atoms with van der Waals surface area (Å²) in [5.74, 6) is -0.336. The van der Waals surface area contributed by atoms with Crippen LogP contribution in [0.2, 0.25) is 0 Å². The number of thiazole rings is 1. The van der Waals surface area contributed by atoms with Crippen molar-refractivity contribution in [1.29, 1.82) is 0 Å². The number of amides is 1. The third-order valence-electron chi connectivity index (χ3n) is 5.44. The van der Waals surface area contributed by atoms with Crippen LogP contribution in [0, 0.1) is 0 Å². The Labute approximate surface area is 198 Å². The Hall–Kier alpha value is -3.07. The maximum Gasteiger partial charge on any atom is 0.257 e. The zero-order chi connectivity index (χ0) is 23.4. The highest BCUT2D eigenvalue weighted by Crippen LogP contribution is 2.31. The van der Waals surface area contributed by atoms with Crippen LogP contribution in [-0.4, -0.2) is 37.2 Å². The van der Waals surface area contributed by atoms with Gasteiger partial charge in [-0.3, -0.25) is 10.1 Å². The molecule has 1 N–H and O–H groups in total. The van der Waals surface area contributed by atoms with Gasteiger partial charge in [0.25, 0.3) is 5.91 Å². The number of nitrogens with zero attached hydrogens (tertiary/aromatic N) is 2. The number of carbonyl (C=O) groups excluding carboxylic acids is 1. The average molecular weight is 480 g/mol. The van der Waals surface area contributed by atoms with E-state index >= 15 is 0 Å². The highest BCUT2D eigenvalue weighted by Gasteiger charge is 2.20. The van der Waals surface area contributed by atoms with Gasteiger partial charge < -0.3 is 0 Å². The predicted octanol–water partition coefficient (Wildman–Crippen LogP) is 5.64. The van der Waals surface area contributed by atoms with Gasteiger partial charge in [0.2, 0.25) is 10.0 Å². The summed E-state index contributed by atoms with van der Waals surface area (Å²) in [7, 11) is -2.00. The minimum atomic E-state index is -3.57. The van der Waals surface area contributed by atoms with Gasteiger partial charge in [0.05, 0.1) is 10.6 Å². The van der Waals surface area contributed by atoms with Gasteiger partial charge in [0, 0.05) is 30.1 Å². The van der Waals surface area contributed by atoms with Gasteiger partial charge in [-0.15, -0.1) is 11.3 Å². The van der Waals surface area contributed by atoms with E-state index in [0.29, 0.717) is 17.2 Å². The van der Waals surface area contributed by atoms with Crippen molar-refractivity contribution >= 4 is 43.2 Å². The zero-order valence-electron chi connectivity index (χ0n) is 18.5. The fraction of sp³-hybridized carbons (Fsp3) is 0.200. The monoisotopic (exact) mass is 479 g/mol. The van der Waals surface area contributed by atoms with E-state index in [1.807, 2.05) is 36.6 Å². The van der Waals surface area contributed by atoms with Crippen molar-refractivity contribution in [2.45, 2.75) is 24.7 Å². The van der Waals surface area contributed by atoms with Crippen LogP contribution in [0.4, 0.5) is 5.13 Å². The quantitative estimate of drug-likeness (QED) is 0.355. The molecule has 0 aliphatic heterocycles. The molecule has 0 bridgehead atoms. The molecular formula is C25H25N3O3S2. The van der Waals surface area contributed by atoms with Crippen LogP contribution in [0.1, 0.15) is 30.1 Å². The van der Waals surface area contributed by atoms with Crippen LogP contribution in [0.5, 0.6) is 0 Å². The molecule has 0 radical (unpaired) electrons. The van der Waals surface area contributed by atoms with Crippen LogP contribution in [0.25, 0.3) is 22.0 Å². The summed E-state index contributed by atoms with van der Waals surface area (Å²) in [6.45, 7) is 2.48. The number of sulfonamides is 1. The third kappa shape index (κ3) is 4.98. The molecule has 8 heteroatoms. The molecule has 4 rings (SSSR count). The summed E-state index contributed by atoms with van der Waals surface area (Å²) in [6, 6.07) is 20.1. The Balaban J connectivity index is 1.49. The van der Waals surface area contributed by atoms with Crippen molar-refractivity contribution in [1.82, 2.24) is 9.29 Å². The van der Waals surface area contributed by atoms with E-state index in [1.165, 1.54) is 39.9 Å². The van der Waals surface area contributed by atoms with Crippen LogP contribution in [0.15, 0.2) is 77.0 Å². The first-order valence-corrected chi connectivity index (χ1v) is 13.0. The number of hydrogen-bond donors (Lipinski definition) is 1. The lowest BCUT2D eigenvalue weighted by Crippen LogP contribution is -2.28. The van der Waals surface area contributed by atoms with Crippen LogP contribution in [-0.2, 0) is 10.0 Å². The molecule has 3 aromatic carbocycles. The summed E-state index contributed by atoms with van der Waals surface area (Å²) in [5, 5.41) is 7.44. The summed E-state index contributed by atoms with van der Waals surface area (Å²) in [5.41, 5.74) is 2.17. The van der Waals surface area contributed by atoms with Gasteiger partial charge in [0.1, 0.15) is 0 Å². The lowest BCUT2D eigenvalue weighted by Gasteiger charge is -2.16. The summed E-state index contributed by atoms with van der Waals surface area (Å²) in [6.07, 6.45) is 1.71. The largest absolute Gasteiger partial charge is 0.298 e. The molecule has 33 heavy (non-hydrogen) atoms. The Morgan fingerprint density at radius 3 is 2.52 bits per heavy atom. The van der Waals surface area contributed by atoms with Crippen molar-refractivity contribution in [3.8, 4) is 11.3 Å². The summed E-state index contributed by atoms with van der Waals surface area (Å²) < 4.78 is 26.7. The minimum absolute atomic E-state index is 0.171. The van der Waals surface area contributed by atoms with Gasteiger partial charge >= 0.3 is 0 Å². The first-order chi connectivity index (χ1) is 15.9.